The monoisotopic (exact) mass is 384 g/mol. The molecule has 2 aromatic carbocycles. The topological polar surface area (TPSA) is 80.9 Å². The third-order valence-electron chi connectivity index (χ3n) is 4.31. The summed E-state index contributed by atoms with van der Waals surface area (Å²) in [6.07, 6.45) is 0.365. The molecule has 0 saturated carbocycles. The summed E-state index contributed by atoms with van der Waals surface area (Å²) in [5.41, 5.74) is 2.20. The lowest BCUT2D eigenvalue weighted by molar-refractivity contribution is -0.140. The van der Waals surface area contributed by atoms with Crippen molar-refractivity contribution in [3.8, 4) is 5.75 Å². The highest BCUT2D eigenvalue weighted by Crippen LogP contribution is 2.26. The Hall–Kier alpha value is -2.93. The van der Waals surface area contributed by atoms with E-state index >= 15 is 0 Å². The van der Waals surface area contributed by atoms with Crippen LogP contribution in [0, 0.1) is 6.92 Å². The normalized spacial score (nSPS) is 12.9. The highest BCUT2D eigenvalue weighted by molar-refractivity contribution is 7.16. The van der Waals surface area contributed by atoms with Gasteiger partial charge in [0.2, 0.25) is 0 Å². The van der Waals surface area contributed by atoms with Gasteiger partial charge in [-0.05, 0) is 37.6 Å². The summed E-state index contributed by atoms with van der Waals surface area (Å²) in [6.45, 7) is 3.73. The molecule has 1 unspecified atom stereocenters. The Labute approximate surface area is 160 Å². The molecule has 3 rings (SSSR count). The molecule has 0 radical (unpaired) electrons. The zero-order valence-corrected chi connectivity index (χ0v) is 16.1. The van der Waals surface area contributed by atoms with E-state index in [-0.39, 0.29) is 0 Å². The van der Waals surface area contributed by atoms with E-state index in [9.17, 15) is 14.7 Å². The predicted molar refractivity (Wildman–Crippen MR) is 104 cm³/mol. The van der Waals surface area contributed by atoms with Crippen LogP contribution >= 0.6 is 11.3 Å². The molecular weight excluding hydrogens is 364 g/mol. The number of carbonyl (C=O) groups excluding carboxylic acids is 1. The highest BCUT2D eigenvalue weighted by Gasteiger charge is 2.22. The van der Waals surface area contributed by atoms with E-state index in [2.05, 4.69) is 4.99 Å². The van der Waals surface area contributed by atoms with E-state index in [1.807, 2.05) is 25.1 Å². The maximum Gasteiger partial charge on any atom is 0.326 e. The number of thiazole rings is 1. The van der Waals surface area contributed by atoms with Gasteiger partial charge in [0, 0.05) is 11.6 Å². The van der Waals surface area contributed by atoms with E-state index in [0.717, 1.165) is 10.3 Å². The van der Waals surface area contributed by atoms with Crippen LogP contribution in [0.2, 0.25) is 0 Å². The number of ether oxygens (including phenoxy) is 1. The SMILES string of the molecule is CCC(C(=O)O)n1/c(=N/C(=O)c2ccc(C)cc2)sc2ccc(OC)cc21. The molecule has 1 N–H and O–H groups in total. The molecule has 0 aliphatic carbocycles. The first-order valence-corrected chi connectivity index (χ1v) is 9.34. The number of hydrogen-bond donors (Lipinski definition) is 1. The Morgan fingerprint density at radius 1 is 1.22 bits per heavy atom. The first-order chi connectivity index (χ1) is 12.9. The summed E-state index contributed by atoms with van der Waals surface area (Å²) in [5, 5.41) is 9.66. The minimum absolute atomic E-state index is 0.359. The van der Waals surface area contributed by atoms with E-state index in [1.54, 1.807) is 42.9 Å². The van der Waals surface area contributed by atoms with Gasteiger partial charge in [-0.15, -0.1) is 0 Å². The number of aryl methyl sites for hydroxylation is 1. The maximum absolute atomic E-state index is 12.6. The fraction of sp³-hybridized carbons (Fsp3) is 0.250. The van der Waals surface area contributed by atoms with Crippen molar-refractivity contribution in [3.05, 3.63) is 58.4 Å². The van der Waals surface area contributed by atoms with Crippen molar-refractivity contribution in [1.82, 2.24) is 4.57 Å². The predicted octanol–water partition coefficient (Wildman–Crippen LogP) is 3.80. The second kappa shape index (κ2) is 7.75. The number of carboxylic acid groups (broad SMARTS) is 1. The van der Waals surface area contributed by atoms with Crippen molar-refractivity contribution in [2.75, 3.05) is 7.11 Å². The van der Waals surface area contributed by atoms with Gasteiger partial charge in [0.1, 0.15) is 11.8 Å². The zero-order chi connectivity index (χ0) is 19.6. The lowest BCUT2D eigenvalue weighted by Gasteiger charge is -2.13. The molecular formula is C20H20N2O4S. The Bertz CT molecular complexity index is 1060. The highest BCUT2D eigenvalue weighted by atomic mass is 32.1. The van der Waals surface area contributed by atoms with Crippen molar-refractivity contribution in [2.45, 2.75) is 26.3 Å². The van der Waals surface area contributed by atoms with Gasteiger partial charge in [-0.3, -0.25) is 4.79 Å². The number of carboxylic acids is 1. The Morgan fingerprint density at radius 2 is 1.93 bits per heavy atom. The van der Waals surface area contributed by atoms with Crippen LogP contribution in [0.5, 0.6) is 5.75 Å². The molecule has 6 nitrogen and oxygen atoms in total. The molecule has 140 valence electrons. The summed E-state index contributed by atoms with van der Waals surface area (Å²) in [7, 11) is 1.55. The minimum Gasteiger partial charge on any atom is -0.497 e. The van der Waals surface area contributed by atoms with E-state index in [1.165, 1.54) is 11.3 Å². The number of aliphatic carboxylic acids is 1. The molecule has 7 heteroatoms. The molecule has 27 heavy (non-hydrogen) atoms. The van der Waals surface area contributed by atoms with Crippen LogP contribution in [0.1, 0.15) is 35.3 Å². The molecule has 1 amide bonds. The quantitative estimate of drug-likeness (QED) is 0.726. The van der Waals surface area contributed by atoms with E-state index in [4.69, 9.17) is 4.74 Å². The first-order valence-electron chi connectivity index (χ1n) is 8.52. The summed E-state index contributed by atoms with van der Waals surface area (Å²) in [5.74, 6) is -0.752. The number of amides is 1. The van der Waals surface area contributed by atoms with Crippen molar-refractivity contribution in [1.29, 1.82) is 0 Å². The molecule has 3 aromatic rings. The van der Waals surface area contributed by atoms with Crippen LogP contribution in [-0.2, 0) is 4.79 Å². The summed E-state index contributed by atoms with van der Waals surface area (Å²) >= 11 is 1.29. The van der Waals surface area contributed by atoms with Gasteiger partial charge in [0.15, 0.2) is 4.80 Å². The van der Waals surface area contributed by atoms with Crippen molar-refractivity contribution in [3.63, 3.8) is 0 Å². The average molecular weight is 384 g/mol. The second-order valence-electron chi connectivity index (χ2n) is 6.13. The lowest BCUT2D eigenvalue weighted by Crippen LogP contribution is -2.27. The van der Waals surface area contributed by atoms with Gasteiger partial charge in [-0.2, -0.15) is 4.99 Å². The summed E-state index contributed by atoms with van der Waals surface area (Å²) in [4.78, 5) is 29.0. The Kier molecular flexibility index (Phi) is 5.41. The number of fused-ring (bicyclic) bond motifs is 1. The first kappa shape index (κ1) is 18.8. The number of aromatic nitrogens is 1. The standard InChI is InChI=1S/C20H20N2O4S/c1-4-15(19(24)25)22-16-11-14(26-3)9-10-17(16)27-20(22)21-18(23)13-7-5-12(2)6-8-13/h5-11,15H,4H2,1-3H3,(H,24,25)/b21-20-. The van der Waals surface area contributed by atoms with Crippen LogP contribution in [0.15, 0.2) is 47.5 Å². The number of hydrogen-bond acceptors (Lipinski definition) is 4. The fourth-order valence-electron chi connectivity index (χ4n) is 2.84. The Balaban J connectivity index is 2.23. The number of rotatable bonds is 5. The smallest absolute Gasteiger partial charge is 0.326 e. The van der Waals surface area contributed by atoms with Crippen molar-refractivity contribution >= 4 is 33.4 Å². The summed E-state index contributed by atoms with van der Waals surface area (Å²) < 4.78 is 7.72. The number of benzene rings is 2. The third-order valence-corrected chi connectivity index (χ3v) is 5.35. The molecule has 0 aliphatic heterocycles. The fourth-order valence-corrected chi connectivity index (χ4v) is 3.89. The number of nitrogens with zero attached hydrogens (tertiary/aromatic N) is 2. The molecule has 0 spiro atoms. The van der Waals surface area contributed by atoms with Crippen LogP contribution in [-0.4, -0.2) is 28.7 Å². The van der Waals surface area contributed by atoms with Crippen LogP contribution in [0.4, 0.5) is 0 Å². The Morgan fingerprint density at radius 3 is 2.52 bits per heavy atom. The van der Waals surface area contributed by atoms with Crippen LogP contribution < -0.4 is 9.54 Å². The lowest BCUT2D eigenvalue weighted by atomic mass is 10.1. The van der Waals surface area contributed by atoms with Gasteiger partial charge in [0.25, 0.3) is 5.91 Å². The van der Waals surface area contributed by atoms with Gasteiger partial charge in [-0.25, -0.2) is 4.79 Å². The van der Waals surface area contributed by atoms with Gasteiger partial charge in [0.05, 0.1) is 17.3 Å². The molecule has 0 bridgehead atoms. The molecule has 1 aromatic heterocycles. The maximum atomic E-state index is 12.6. The molecule has 1 atom stereocenters. The molecule has 0 saturated heterocycles. The summed E-state index contributed by atoms with van der Waals surface area (Å²) in [6, 6.07) is 11.7. The van der Waals surface area contributed by atoms with E-state index < -0.39 is 17.9 Å². The van der Waals surface area contributed by atoms with Crippen molar-refractivity contribution < 1.29 is 19.4 Å². The van der Waals surface area contributed by atoms with Crippen molar-refractivity contribution in [2.24, 2.45) is 4.99 Å². The largest absolute Gasteiger partial charge is 0.497 e. The second-order valence-corrected chi connectivity index (χ2v) is 7.14. The average Bonchev–Trinajstić information content (AvgIpc) is 2.99. The minimum atomic E-state index is -0.968. The third kappa shape index (κ3) is 3.78. The molecule has 0 aliphatic rings. The molecule has 0 fully saturated rings. The van der Waals surface area contributed by atoms with E-state index in [0.29, 0.717) is 28.1 Å². The van der Waals surface area contributed by atoms with Gasteiger partial charge >= 0.3 is 5.97 Å². The number of carbonyl (C=O) groups is 2. The van der Waals surface area contributed by atoms with Crippen LogP contribution in [0.3, 0.4) is 0 Å². The molecule has 1 heterocycles. The van der Waals surface area contributed by atoms with Crippen LogP contribution in [0.25, 0.3) is 10.2 Å². The zero-order valence-electron chi connectivity index (χ0n) is 15.3. The van der Waals surface area contributed by atoms with Gasteiger partial charge < -0.3 is 14.4 Å². The van der Waals surface area contributed by atoms with Gasteiger partial charge in [-0.1, -0.05) is 36.0 Å². The number of methoxy groups -OCH3 is 1.